The van der Waals surface area contributed by atoms with E-state index in [9.17, 15) is 9.50 Å². The van der Waals surface area contributed by atoms with Crippen LogP contribution in [0.5, 0.6) is 0 Å². The molecule has 1 saturated heterocycles. The Morgan fingerprint density at radius 2 is 1.38 bits per heavy atom. The zero-order chi connectivity index (χ0) is 16.8. The topological polar surface area (TPSA) is 47.9 Å². The predicted octanol–water partition coefficient (Wildman–Crippen LogP) is 2.84. The molecule has 3 rings (SSSR count). The van der Waals surface area contributed by atoms with E-state index in [0.717, 1.165) is 11.1 Å². The highest BCUT2D eigenvalue weighted by atomic mass is 19.1. The summed E-state index contributed by atoms with van der Waals surface area (Å²) in [6.07, 6.45) is -4.31. The van der Waals surface area contributed by atoms with E-state index in [1.807, 2.05) is 60.7 Å². The number of benzene rings is 2. The van der Waals surface area contributed by atoms with Crippen LogP contribution in [0.4, 0.5) is 4.39 Å². The van der Waals surface area contributed by atoms with Crippen LogP contribution in [0.1, 0.15) is 11.1 Å². The summed E-state index contributed by atoms with van der Waals surface area (Å²) in [6, 6.07) is 19.0. The van der Waals surface area contributed by atoms with Gasteiger partial charge < -0.3 is 19.3 Å². The molecule has 1 unspecified atom stereocenters. The molecule has 1 heterocycles. The number of aliphatic hydroxyl groups is 1. The van der Waals surface area contributed by atoms with Crippen molar-refractivity contribution in [3.05, 3.63) is 71.8 Å². The fourth-order valence-electron chi connectivity index (χ4n) is 2.66. The fraction of sp³-hybridized carbons (Fsp3) is 0.368. The summed E-state index contributed by atoms with van der Waals surface area (Å²) >= 11 is 0. The van der Waals surface area contributed by atoms with Crippen LogP contribution in [0.2, 0.25) is 0 Å². The lowest BCUT2D eigenvalue weighted by Crippen LogP contribution is -2.53. The van der Waals surface area contributed by atoms with Gasteiger partial charge in [-0.2, -0.15) is 0 Å². The smallest absolute Gasteiger partial charge is 0.183 e. The van der Waals surface area contributed by atoms with Crippen molar-refractivity contribution >= 4 is 0 Å². The summed E-state index contributed by atoms with van der Waals surface area (Å²) < 4.78 is 30.7. The molecule has 0 saturated carbocycles. The highest BCUT2D eigenvalue weighted by Crippen LogP contribution is 2.24. The van der Waals surface area contributed by atoms with E-state index >= 15 is 0 Å². The first-order valence-electron chi connectivity index (χ1n) is 7.99. The summed E-state index contributed by atoms with van der Waals surface area (Å²) in [7, 11) is 0. The Balaban J connectivity index is 1.63. The largest absolute Gasteiger partial charge is 0.367 e. The van der Waals surface area contributed by atoms with Gasteiger partial charge in [-0.25, -0.2) is 4.39 Å². The van der Waals surface area contributed by atoms with Crippen molar-refractivity contribution in [3.63, 3.8) is 0 Å². The van der Waals surface area contributed by atoms with E-state index in [1.54, 1.807) is 0 Å². The van der Waals surface area contributed by atoms with Crippen LogP contribution in [0.15, 0.2) is 60.7 Å². The lowest BCUT2D eigenvalue weighted by atomic mass is 10.1. The molecule has 4 atom stereocenters. The zero-order valence-electron chi connectivity index (χ0n) is 13.3. The second-order valence-corrected chi connectivity index (χ2v) is 5.76. The van der Waals surface area contributed by atoms with Gasteiger partial charge in [0.1, 0.15) is 12.2 Å². The van der Waals surface area contributed by atoms with Gasteiger partial charge in [-0.3, -0.25) is 0 Å². The number of hydrogen-bond acceptors (Lipinski definition) is 4. The molecule has 5 heteroatoms. The van der Waals surface area contributed by atoms with Gasteiger partial charge in [0.2, 0.25) is 0 Å². The molecule has 24 heavy (non-hydrogen) atoms. The van der Waals surface area contributed by atoms with Crippen molar-refractivity contribution in [1.82, 2.24) is 0 Å². The quantitative estimate of drug-likeness (QED) is 0.884. The van der Waals surface area contributed by atoms with Gasteiger partial charge >= 0.3 is 0 Å². The number of halogens is 1. The average molecular weight is 332 g/mol. The van der Waals surface area contributed by atoms with E-state index in [-0.39, 0.29) is 19.8 Å². The third-order valence-electron chi connectivity index (χ3n) is 3.96. The minimum atomic E-state index is -1.35. The van der Waals surface area contributed by atoms with Gasteiger partial charge in [-0.1, -0.05) is 60.7 Å². The molecule has 128 valence electrons. The molecule has 1 N–H and O–H groups in total. The zero-order valence-corrected chi connectivity index (χ0v) is 13.3. The summed E-state index contributed by atoms with van der Waals surface area (Å²) in [4.78, 5) is 0. The normalized spacial score (nSPS) is 27.1. The second-order valence-electron chi connectivity index (χ2n) is 5.76. The summed E-state index contributed by atoms with van der Waals surface area (Å²) in [5, 5.41) is 10.0. The Kier molecular flexibility index (Phi) is 5.93. The van der Waals surface area contributed by atoms with Crippen molar-refractivity contribution in [2.45, 2.75) is 37.9 Å². The number of ether oxygens (including phenoxy) is 3. The van der Waals surface area contributed by atoms with Crippen molar-refractivity contribution < 1.29 is 23.7 Å². The maximum atomic E-state index is 14.3. The van der Waals surface area contributed by atoms with Gasteiger partial charge in [-0.05, 0) is 11.1 Å². The van der Waals surface area contributed by atoms with E-state index < -0.39 is 24.7 Å². The van der Waals surface area contributed by atoms with Crippen LogP contribution >= 0.6 is 0 Å². The lowest BCUT2D eigenvalue weighted by molar-refractivity contribution is -0.268. The molecule has 1 aliphatic heterocycles. The maximum Gasteiger partial charge on any atom is 0.183 e. The highest BCUT2D eigenvalue weighted by molar-refractivity contribution is 5.14. The second kappa shape index (κ2) is 8.35. The molecule has 4 nitrogen and oxygen atoms in total. The molecular formula is C19H21FO4. The number of rotatable bonds is 6. The van der Waals surface area contributed by atoms with Crippen LogP contribution < -0.4 is 0 Å². The first kappa shape index (κ1) is 17.0. The molecular weight excluding hydrogens is 311 g/mol. The Morgan fingerprint density at radius 3 is 1.92 bits per heavy atom. The van der Waals surface area contributed by atoms with Gasteiger partial charge in [0.15, 0.2) is 12.5 Å². The molecule has 1 aliphatic rings. The highest BCUT2D eigenvalue weighted by Gasteiger charge is 2.41. The third-order valence-corrected chi connectivity index (χ3v) is 3.96. The van der Waals surface area contributed by atoms with Crippen LogP contribution in [0, 0.1) is 0 Å². The predicted molar refractivity (Wildman–Crippen MR) is 86.9 cm³/mol. The molecule has 1 fully saturated rings. The van der Waals surface area contributed by atoms with Crippen LogP contribution in [0.25, 0.3) is 0 Å². The van der Waals surface area contributed by atoms with Crippen molar-refractivity contribution in [1.29, 1.82) is 0 Å². The fourth-order valence-corrected chi connectivity index (χ4v) is 2.66. The Bertz CT molecular complexity index is 552. The molecule has 0 spiro atoms. The van der Waals surface area contributed by atoms with Crippen LogP contribution in [0.3, 0.4) is 0 Å². The van der Waals surface area contributed by atoms with Gasteiger partial charge in [-0.15, -0.1) is 0 Å². The van der Waals surface area contributed by atoms with E-state index in [1.165, 1.54) is 0 Å². The van der Waals surface area contributed by atoms with Crippen LogP contribution in [-0.4, -0.2) is 36.4 Å². The Morgan fingerprint density at radius 1 is 0.875 bits per heavy atom. The summed E-state index contributed by atoms with van der Waals surface area (Å²) in [5.41, 5.74) is 1.87. The van der Waals surface area contributed by atoms with Crippen molar-refractivity contribution in [2.24, 2.45) is 0 Å². The Hall–Kier alpha value is -1.79. The molecule has 0 aliphatic carbocycles. The van der Waals surface area contributed by atoms with Crippen molar-refractivity contribution in [2.75, 3.05) is 6.61 Å². The maximum absolute atomic E-state index is 14.3. The summed E-state index contributed by atoms with van der Waals surface area (Å²) in [6.45, 7) is 0.305. The Labute approximate surface area is 140 Å². The molecule has 0 bridgehead atoms. The first-order valence-corrected chi connectivity index (χ1v) is 7.99. The molecule has 0 aromatic heterocycles. The third kappa shape index (κ3) is 4.39. The van der Waals surface area contributed by atoms with Gasteiger partial charge in [0.25, 0.3) is 0 Å². The lowest BCUT2D eigenvalue weighted by Gasteiger charge is -2.37. The van der Waals surface area contributed by atoms with E-state index in [0.29, 0.717) is 0 Å². The SMILES string of the molecule is OC1OC[C@H](F)[C@H](OCc2ccccc2)[C@@H]1OCc1ccccc1. The molecule has 0 amide bonds. The average Bonchev–Trinajstić information content (AvgIpc) is 2.63. The number of hydrogen-bond donors (Lipinski definition) is 1. The minimum Gasteiger partial charge on any atom is -0.367 e. The van der Waals surface area contributed by atoms with E-state index in [4.69, 9.17) is 14.2 Å². The number of alkyl halides is 1. The monoisotopic (exact) mass is 332 g/mol. The number of aliphatic hydroxyl groups excluding tert-OH is 1. The first-order chi connectivity index (χ1) is 11.7. The van der Waals surface area contributed by atoms with Gasteiger partial charge in [0.05, 0.1) is 19.8 Å². The molecule has 0 radical (unpaired) electrons. The molecule has 2 aromatic rings. The minimum absolute atomic E-state index is 0.203. The van der Waals surface area contributed by atoms with Gasteiger partial charge in [0, 0.05) is 0 Å². The van der Waals surface area contributed by atoms with Crippen LogP contribution in [-0.2, 0) is 27.4 Å². The standard InChI is InChI=1S/C19H21FO4/c20-16-13-24-19(21)18(23-12-15-9-5-2-6-10-15)17(16)22-11-14-7-3-1-4-8-14/h1-10,16-19,21H,11-13H2/t16-,17-,18-,19?/m0/s1. The summed E-state index contributed by atoms with van der Waals surface area (Å²) in [5.74, 6) is 0. The van der Waals surface area contributed by atoms with E-state index in [2.05, 4.69) is 0 Å². The van der Waals surface area contributed by atoms with Crippen molar-refractivity contribution in [3.8, 4) is 0 Å². The molecule has 2 aromatic carbocycles.